The number of nitrogens with one attached hydrogen (secondary N) is 1. The Bertz CT molecular complexity index is 666. The molecule has 0 fully saturated rings. The van der Waals surface area contributed by atoms with Crippen molar-refractivity contribution in [2.24, 2.45) is 0 Å². The van der Waals surface area contributed by atoms with Gasteiger partial charge < -0.3 is 9.73 Å². The third-order valence-electron chi connectivity index (χ3n) is 2.64. The zero-order valence-corrected chi connectivity index (χ0v) is 10.6. The molecule has 0 spiro atoms. The second kappa shape index (κ2) is 5.52. The molecule has 0 atom stereocenters. The average molecular weight is 278 g/mol. The van der Waals surface area contributed by atoms with Gasteiger partial charge in [0.1, 0.15) is 11.6 Å². The van der Waals surface area contributed by atoms with E-state index in [1.165, 1.54) is 6.07 Å². The zero-order valence-electron chi connectivity index (χ0n) is 10.6. The fourth-order valence-electron chi connectivity index (χ4n) is 1.60. The van der Waals surface area contributed by atoms with Gasteiger partial charge in [-0.3, -0.25) is 14.9 Å². The topological polar surface area (TPSA) is 85.4 Å². The molecule has 1 heterocycles. The largest absolute Gasteiger partial charge is 0.456 e. The Hall–Kier alpha value is -2.70. The van der Waals surface area contributed by atoms with E-state index >= 15 is 0 Å². The van der Waals surface area contributed by atoms with Crippen molar-refractivity contribution in [2.75, 3.05) is 5.32 Å². The third-order valence-corrected chi connectivity index (χ3v) is 2.64. The van der Waals surface area contributed by atoms with Gasteiger partial charge in [-0.1, -0.05) is 6.92 Å². The molecule has 1 amide bonds. The van der Waals surface area contributed by atoms with Crippen molar-refractivity contribution in [2.45, 2.75) is 13.3 Å². The Labute approximate surface area is 113 Å². The van der Waals surface area contributed by atoms with Crippen LogP contribution < -0.4 is 5.32 Å². The van der Waals surface area contributed by atoms with E-state index in [2.05, 4.69) is 5.32 Å². The minimum atomic E-state index is -0.758. The lowest BCUT2D eigenvalue weighted by Crippen LogP contribution is -2.12. The second-order valence-electron chi connectivity index (χ2n) is 3.99. The maximum Gasteiger partial charge on any atom is 0.291 e. The smallest absolute Gasteiger partial charge is 0.291 e. The Morgan fingerprint density at radius 2 is 2.15 bits per heavy atom. The highest BCUT2D eigenvalue weighted by molar-refractivity contribution is 6.02. The number of nitro benzene ring substituents is 1. The highest BCUT2D eigenvalue weighted by atomic mass is 19.1. The molecule has 1 aromatic heterocycles. The predicted molar refractivity (Wildman–Crippen MR) is 69.1 cm³/mol. The van der Waals surface area contributed by atoms with E-state index in [0.717, 1.165) is 18.2 Å². The van der Waals surface area contributed by atoms with Crippen molar-refractivity contribution in [3.63, 3.8) is 0 Å². The van der Waals surface area contributed by atoms with Crippen LogP contribution in [0.25, 0.3) is 0 Å². The maximum atomic E-state index is 13.5. The number of carbonyl (C=O) groups is 1. The van der Waals surface area contributed by atoms with Crippen LogP contribution in [-0.4, -0.2) is 10.8 Å². The number of nitrogens with zero attached hydrogens (tertiary/aromatic N) is 1. The normalized spacial score (nSPS) is 10.3. The number of carbonyl (C=O) groups excluding carboxylic acids is 1. The van der Waals surface area contributed by atoms with Gasteiger partial charge >= 0.3 is 0 Å². The minimum absolute atomic E-state index is 0.0211. The number of benzene rings is 1. The molecule has 1 N–H and O–H groups in total. The molecule has 0 bridgehead atoms. The van der Waals surface area contributed by atoms with Gasteiger partial charge in [-0.15, -0.1) is 0 Å². The van der Waals surface area contributed by atoms with Crippen molar-refractivity contribution in [1.29, 1.82) is 0 Å². The van der Waals surface area contributed by atoms with Crippen LogP contribution >= 0.6 is 0 Å². The Morgan fingerprint density at radius 1 is 1.40 bits per heavy atom. The van der Waals surface area contributed by atoms with Crippen LogP contribution in [0.1, 0.15) is 23.2 Å². The molecule has 0 unspecified atom stereocenters. The van der Waals surface area contributed by atoms with Gasteiger partial charge in [0.15, 0.2) is 5.76 Å². The van der Waals surface area contributed by atoms with Crippen molar-refractivity contribution >= 4 is 17.3 Å². The second-order valence-corrected chi connectivity index (χ2v) is 3.99. The standard InChI is InChI=1S/C13H11FN2O4/c1-2-9-4-6-12(20-9)13(17)15-11-7-8(16(18)19)3-5-10(11)14/h3-7H,2H2,1H3,(H,15,17). The highest BCUT2D eigenvalue weighted by Gasteiger charge is 2.16. The van der Waals surface area contributed by atoms with Crippen molar-refractivity contribution < 1.29 is 18.5 Å². The lowest BCUT2D eigenvalue weighted by Gasteiger charge is -2.04. The number of nitro groups is 1. The number of furan rings is 1. The van der Waals surface area contributed by atoms with E-state index in [4.69, 9.17) is 4.42 Å². The Balaban J connectivity index is 2.22. The molecule has 0 aliphatic heterocycles. The summed E-state index contributed by atoms with van der Waals surface area (Å²) in [6.45, 7) is 1.86. The first-order valence-corrected chi connectivity index (χ1v) is 5.85. The molecule has 104 valence electrons. The quantitative estimate of drug-likeness (QED) is 0.687. The molecule has 20 heavy (non-hydrogen) atoms. The van der Waals surface area contributed by atoms with Gasteiger partial charge in [-0.05, 0) is 18.2 Å². The molecule has 0 radical (unpaired) electrons. The number of hydrogen-bond acceptors (Lipinski definition) is 4. The molecule has 0 saturated carbocycles. The van der Waals surface area contributed by atoms with E-state index in [-0.39, 0.29) is 17.1 Å². The Morgan fingerprint density at radius 3 is 2.75 bits per heavy atom. The fourth-order valence-corrected chi connectivity index (χ4v) is 1.60. The van der Waals surface area contributed by atoms with E-state index < -0.39 is 16.6 Å². The van der Waals surface area contributed by atoms with Crippen LogP contribution in [0.5, 0.6) is 0 Å². The average Bonchev–Trinajstić information content (AvgIpc) is 2.89. The number of anilines is 1. The summed E-state index contributed by atoms with van der Waals surface area (Å²) in [4.78, 5) is 21.8. The van der Waals surface area contributed by atoms with E-state index in [0.29, 0.717) is 12.2 Å². The first kappa shape index (κ1) is 13.7. The molecule has 6 nitrogen and oxygen atoms in total. The number of aryl methyl sites for hydroxylation is 1. The maximum absolute atomic E-state index is 13.5. The minimum Gasteiger partial charge on any atom is -0.456 e. The first-order chi connectivity index (χ1) is 9.51. The SMILES string of the molecule is CCc1ccc(C(=O)Nc2cc([N+](=O)[O-])ccc2F)o1. The van der Waals surface area contributed by atoms with Crippen LogP contribution in [0.4, 0.5) is 15.8 Å². The summed E-state index contributed by atoms with van der Waals surface area (Å²) in [6, 6.07) is 6.00. The molecular weight excluding hydrogens is 267 g/mol. The van der Waals surface area contributed by atoms with E-state index in [1.807, 2.05) is 6.92 Å². The summed E-state index contributed by atoms with van der Waals surface area (Å²) in [6.07, 6.45) is 0.623. The monoisotopic (exact) mass is 278 g/mol. The van der Waals surface area contributed by atoms with Gasteiger partial charge in [0.25, 0.3) is 11.6 Å². The molecule has 7 heteroatoms. The van der Waals surface area contributed by atoms with E-state index in [9.17, 15) is 19.3 Å². The van der Waals surface area contributed by atoms with Gasteiger partial charge in [-0.2, -0.15) is 0 Å². The van der Waals surface area contributed by atoms with E-state index in [1.54, 1.807) is 6.07 Å². The van der Waals surface area contributed by atoms with Gasteiger partial charge in [0.2, 0.25) is 0 Å². The predicted octanol–water partition coefficient (Wildman–Crippen LogP) is 3.14. The molecule has 2 rings (SSSR count). The third kappa shape index (κ3) is 2.82. The molecule has 0 saturated heterocycles. The molecule has 0 aliphatic carbocycles. The van der Waals surface area contributed by atoms with Gasteiger partial charge in [0.05, 0.1) is 10.6 Å². The van der Waals surface area contributed by atoms with Crippen LogP contribution in [-0.2, 0) is 6.42 Å². The summed E-state index contributed by atoms with van der Waals surface area (Å²) < 4.78 is 18.7. The van der Waals surface area contributed by atoms with Crippen molar-refractivity contribution in [3.8, 4) is 0 Å². The summed E-state index contributed by atoms with van der Waals surface area (Å²) in [5.41, 5.74) is -0.575. The van der Waals surface area contributed by atoms with Crippen LogP contribution in [0.3, 0.4) is 0 Å². The number of rotatable bonds is 4. The van der Waals surface area contributed by atoms with Gasteiger partial charge in [-0.25, -0.2) is 4.39 Å². The number of non-ortho nitro benzene ring substituents is 1. The van der Waals surface area contributed by atoms with Gasteiger partial charge in [0, 0.05) is 18.6 Å². The molecular formula is C13H11FN2O4. The summed E-state index contributed by atoms with van der Waals surface area (Å²) in [5, 5.41) is 12.9. The number of hydrogen-bond donors (Lipinski definition) is 1. The zero-order chi connectivity index (χ0) is 14.7. The summed E-state index contributed by atoms with van der Waals surface area (Å²) >= 11 is 0. The van der Waals surface area contributed by atoms with Crippen molar-refractivity contribution in [3.05, 3.63) is 57.8 Å². The number of halogens is 1. The molecule has 1 aromatic carbocycles. The number of amides is 1. The highest BCUT2D eigenvalue weighted by Crippen LogP contribution is 2.22. The first-order valence-electron chi connectivity index (χ1n) is 5.85. The molecule has 0 aliphatic rings. The summed E-state index contributed by atoms with van der Waals surface area (Å²) in [7, 11) is 0. The van der Waals surface area contributed by atoms with Crippen LogP contribution in [0, 0.1) is 15.9 Å². The van der Waals surface area contributed by atoms with Crippen LogP contribution in [0.2, 0.25) is 0 Å². The van der Waals surface area contributed by atoms with Crippen LogP contribution in [0.15, 0.2) is 34.7 Å². The molecule has 2 aromatic rings. The Kier molecular flexibility index (Phi) is 3.79. The lowest BCUT2D eigenvalue weighted by molar-refractivity contribution is -0.384. The van der Waals surface area contributed by atoms with Crippen molar-refractivity contribution in [1.82, 2.24) is 0 Å². The lowest BCUT2D eigenvalue weighted by atomic mass is 10.2. The summed E-state index contributed by atoms with van der Waals surface area (Å²) in [5.74, 6) is -0.780. The fraction of sp³-hybridized carbons (Fsp3) is 0.154.